The zero-order chi connectivity index (χ0) is 22.2. The van der Waals surface area contributed by atoms with Crippen LogP contribution in [0.25, 0.3) is 10.2 Å². The van der Waals surface area contributed by atoms with E-state index < -0.39 is 0 Å². The number of fused-ring (bicyclic) bond motifs is 1. The predicted octanol–water partition coefficient (Wildman–Crippen LogP) is 9.58. The highest BCUT2D eigenvalue weighted by atomic mass is 32.1. The number of hydrogen-bond donors (Lipinski definition) is 0. The van der Waals surface area contributed by atoms with Gasteiger partial charge in [0.1, 0.15) is 0 Å². The fourth-order valence-corrected chi connectivity index (χ4v) is 5.70. The monoisotopic (exact) mass is 462 g/mol. The largest absolute Gasteiger partial charge is 0.309 e. The molecule has 1 aromatic carbocycles. The van der Waals surface area contributed by atoms with E-state index in [1.165, 1.54) is 113 Å². The third-order valence-electron chi connectivity index (χ3n) is 6.35. The second-order valence-corrected chi connectivity index (χ2v) is 11.0. The lowest BCUT2D eigenvalue weighted by molar-refractivity contribution is 0.265. The maximum Gasteiger partial charge on any atom is 0.163 e. The molecule has 2 nitrogen and oxygen atoms in total. The summed E-state index contributed by atoms with van der Waals surface area (Å²) in [6.45, 7) is 4.36. The Hall–Kier alpha value is -0.710. The van der Waals surface area contributed by atoms with Gasteiger partial charge in [0.05, 0.1) is 16.9 Å². The van der Waals surface area contributed by atoms with Crippen LogP contribution < -0.4 is 0 Å². The standard InChI is InChI=1S/C27H46N2S2/c1-3-4-5-6-7-8-9-10-11-12-13-14-15-16-17-20-23-28(2)24-29-25-21-18-19-22-26(25)31-27(29)30/h18-19,21-22H,3-17,20,23-24H2,1-2H3. The number of benzene rings is 1. The van der Waals surface area contributed by atoms with Crippen molar-refractivity contribution < 1.29 is 0 Å². The minimum Gasteiger partial charge on any atom is -0.309 e. The van der Waals surface area contributed by atoms with Gasteiger partial charge in [-0.25, -0.2) is 0 Å². The molecule has 0 bridgehead atoms. The first-order valence-electron chi connectivity index (χ1n) is 13.0. The van der Waals surface area contributed by atoms with Crippen molar-refractivity contribution in [1.29, 1.82) is 0 Å². The Morgan fingerprint density at radius 2 is 1.23 bits per heavy atom. The summed E-state index contributed by atoms with van der Waals surface area (Å²) >= 11 is 7.30. The minimum atomic E-state index is 0.904. The third-order valence-corrected chi connectivity index (χ3v) is 7.78. The molecule has 0 unspecified atom stereocenters. The lowest BCUT2D eigenvalue weighted by atomic mass is 10.0. The molecule has 0 amide bonds. The normalized spacial score (nSPS) is 11.7. The van der Waals surface area contributed by atoms with E-state index in [1.54, 1.807) is 11.3 Å². The van der Waals surface area contributed by atoms with Crippen LogP contribution in [0, 0.1) is 3.95 Å². The van der Waals surface area contributed by atoms with E-state index in [2.05, 4.69) is 47.7 Å². The fourth-order valence-electron chi connectivity index (χ4n) is 4.39. The third kappa shape index (κ3) is 11.1. The molecule has 0 spiro atoms. The van der Waals surface area contributed by atoms with Gasteiger partial charge in [-0.05, 0) is 44.4 Å². The molecule has 2 aromatic rings. The summed E-state index contributed by atoms with van der Waals surface area (Å²) in [5, 5.41) is 0. The van der Waals surface area contributed by atoms with Gasteiger partial charge < -0.3 is 4.57 Å². The van der Waals surface area contributed by atoms with Crippen LogP contribution in [0.1, 0.15) is 110 Å². The van der Waals surface area contributed by atoms with Gasteiger partial charge in [-0.2, -0.15) is 0 Å². The number of hydrogen-bond acceptors (Lipinski definition) is 3. The molecule has 0 N–H and O–H groups in total. The van der Waals surface area contributed by atoms with Crippen LogP contribution in [0.4, 0.5) is 0 Å². The van der Waals surface area contributed by atoms with Crippen molar-refractivity contribution in [2.24, 2.45) is 0 Å². The molecule has 2 rings (SSSR count). The van der Waals surface area contributed by atoms with Crippen LogP contribution >= 0.6 is 23.6 Å². The van der Waals surface area contributed by atoms with E-state index in [1.807, 2.05) is 0 Å². The maximum absolute atomic E-state index is 5.58. The average molecular weight is 463 g/mol. The smallest absolute Gasteiger partial charge is 0.163 e. The van der Waals surface area contributed by atoms with Crippen molar-refractivity contribution in [2.75, 3.05) is 13.6 Å². The summed E-state index contributed by atoms with van der Waals surface area (Å²) in [4.78, 5) is 2.42. The van der Waals surface area contributed by atoms with Gasteiger partial charge in [-0.3, -0.25) is 4.90 Å². The molecule has 0 aliphatic heterocycles. The first-order valence-corrected chi connectivity index (χ1v) is 14.2. The van der Waals surface area contributed by atoms with Crippen molar-refractivity contribution in [3.05, 3.63) is 28.2 Å². The van der Waals surface area contributed by atoms with Crippen LogP contribution in [0.5, 0.6) is 0 Å². The molecule has 1 heterocycles. The zero-order valence-electron chi connectivity index (χ0n) is 20.2. The van der Waals surface area contributed by atoms with E-state index in [4.69, 9.17) is 12.2 Å². The topological polar surface area (TPSA) is 8.17 Å². The molecule has 31 heavy (non-hydrogen) atoms. The number of rotatable bonds is 19. The molecule has 0 atom stereocenters. The number of unbranched alkanes of at least 4 members (excludes halogenated alkanes) is 15. The highest BCUT2D eigenvalue weighted by molar-refractivity contribution is 7.73. The second-order valence-electron chi connectivity index (χ2n) is 9.29. The molecule has 176 valence electrons. The number of para-hydroxylation sites is 1. The number of aromatic nitrogens is 1. The molecule has 1 aromatic heterocycles. The van der Waals surface area contributed by atoms with Crippen LogP contribution in [0.15, 0.2) is 24.3 Å². The lowest BCUT2D eigenvalue weighted by Gasteiger charge is -2.18. The Balaban J connectivity index is 1.39. The summed E-state index contributed by atoms with van der Waals surface area (Å²) in [6.07, 6.45) is 22.8. The van der Waals surface area contributed by atoms with Crippen molar-refractivity contribution in [3.63, 3.8) is 0 Å². The predicted molar refractivity (Wildman–Crippen MR) is 143 cm³/mol. The second kappa shape index (κ2) is 16.9. The Kier molecular flexibility index (Phi) is 14.4. The van der Waals surface area contributed by atoms with Gasteiger partial charge in [-0.15, -0.1) is 11.3 Å². The maximum atomic E-state index is 5.58. The average Bonchev–Trinajstić information content (AvgIpc) is 3.08. The highest BCUT2D eigenvalue weighted by Gasteiger charge is 2.06. The van der Waals surface area contributed by atoms with Crippen molar-refractivity contribution >= 4 is 33.8 Å². The number of nitrogens with zero attached hydrogens (tertiary/aromatic N) is 2. The quantitative estimate of drug-likeness (QED) is 0.152. The summed E-state index contributed by atoms with van der Waals surface area (Å²) < 4.78 is 4.56. The van der Waals surface area contributed by atoms with Crippen molar-refractivity contribution in [1.82, 2.24) is 9.47 Å². The van der Waals surface area contributed by atoms with E-state index >= 15 is 0 Å². The van der Waals surface area contributed by atoms with Crippen LogP contribution in [0.2, 0.25) is 0 Å². The summed E-state index contributed by atoms with van der Waals surface area (Å²) in [5.41, 5.74) is 1.27. The van der Waals surface area contributed by atoms with Crippen LogP contribution in [-0.4, -0.2) is 23.1 Å². The first kappa shape index (κ1) is 26.5. The minimum absolute atomic E-state index is 0.904. The molecule has 4 heteroatoms. The number of thiazole rings is 1. The van der Waals surface area contributed by atoms with E-state index in [0.717, 1.165) is 17.2 Å². The Labute approximate surface area is 201 Å². The van der Waals surface area contributed by atoms with Gasteiger partial charge >= 0.3 is 0 Å². The van der Waals surface area contributed by atoms with Crippen molar-refractivity contribution in [3.8, 4) is 0 Å². The summed E-state index contributed by atoms with van der Waals surface area (Å²) in [7, 11) is 2.22. The molecule has 0 aliphatic carbocycles. The SMILES string of the molecule is CCCCCCCCCCCCCCCCCCN(C)Cn1c(=S)sc2ccccc21. The van der Waals surface area contributed by atoms with Crippen molar-refractivity contribution in [2.45, 2.75) is 116 Å². The molecule has 0 fully saturated rings. The fraction of sp³-hybridized carbons (Fsp3) is 0.741. The van der Waals surface area contributed by atoms with E-state index in [-0.39, 0.29) is 0 Å². The molecule has 0 saturated heterocycles. The molecule has 0 radical (unpaired) electrons. The van der Waals surface area contributed by atoms with Gasteiger partial charge in [0, 0.05) is 0 Å². The Bertz CT molecular complexity index is 749. The lowest BCUT2D eigenvalue weighted by Crippen LogP contribution is -2.23. The van der Waals surface area contributed by atoms with Gasteiger partial charge in [0.15, 0.2) is 3.95 Å². The van der Waals surface area contributed by atoms with Gasteiger partial charge in [0.25, 0.3) is 0 Å². The first-order chi connectivity index (χ1) is 15.2. The highest BCUT2D eigenvalue weighted by Crippen LogP contribution is 2.23. The van der Waals surface area contributed by atoms with E-state index in [9.17, 15) is 0 Å². The summed E-state index contributed by atoms with van der Waals surface area (Å²) in [5.74, 6) is 0. The molecule has 0 saturated carbocycles. The van der Waals surface area contributed by atoms with Gasteiger partial charge in [-0.1, -0.05) is 115 Å². The molecule has 0 aliphatic rings. The summed E-state index contributed by atoms with van der Waals surface area (Å²) in [6, 6.07) is 8.56. The van der Waals surface area contributed by atoms with Crippen LogP contribution in [0.3, 0.4) is 0 Å². The van der Waals surface area contributed by atoms with E-state index in [0.29, 0.717) is 0 Å². The Morgan fingerprint density at radius 1 is 0.742 bits per heavy atom. The molecular weight excluding hydrogens is 416 g/mol. The Morgan fingerprint density at radius 3 is 1.77 bits per heavy atom. The van der Waals surface area contributed by atoms with Crippen LogP contribution in [-0.2, 0) is 6.67 Å². The van der Waals surface area contributed by atoms with Gasteiger partial charge in [0.2, 0.25) is 0 Å². The zero-order valence-corrected chi connectivity index (χ0v) is 21.9. The molecular formula is C27H46N2S2.